The average molecular weight is 367 g/mol. The highest BCUT2D eigenvalue weighted by Crippen LogP contribution is 2.59. The minimum absolute atomic E-state index is 0.00324. The molecule has 4 atom stereocenters. The van der Waals surface area contributed by atoms with Gasteiger partial charge >= 0.3 is 0 Å². The molecule has 142 valence electrons. The second-order valence-corrected chi connectivity index (χ2v) is 14.0. The summed E-state index contributed by atoms with van der Waals surface area (Å²) in [7, 11) is -1.77. The van der Waals surface area contributed by atoms with E-state index < -0.39 is 24.7 Å². The summed E-state index contributed by atoms with van der Waals surface area (Å²) in [6.45, 7) is 18.9. The predicted molar refractivity (Wildman–Crippen MR) is 102 cm³/mol. The first-order valence-corrected chi connectivity index (χ1v) is 12.8. The lowest BCUT2D eigenvalue weighted by Gasteiger charge is -2.56. The van der Waals surface area contributed by atoms with E-state index in [1.807, 2.05) is 13.8 Å². The van der Waals surface area contributed by atoms with Gasteiger partial charge in [0, 0.05) is 6.08 Å². The smallest absolute Gasteiger partial charge is 0.184 e. The molecule has 4 nitrogen and oxygen atoms in total. The van der Waals surface area contributed by atoms with Gasteiger partial charge in [-0.05, 0) is 72.5 Å². The summed E-state index contributed by atoms with van der Waals surface area (Å²) in [4.78, 5) is 26.2. The third-order valence-electron chi connectivity index (χ3n) is 6.20. The highest BCUT2D eigenvalue weighted by atomic mass is 28.4. The van der Waals surface area contributed by atoms with Crippen LogP contribution in [0.15, 0.2) is 11.8 Å². The zero-order valence-corrected chi connectivity index (χ0v) is 18.3. The average Bonchev–Trinajstić information content (AvgIpc) is 2.44. The van der Waals surface area contributed by atoms with Crippen LogP contribution in [0.2, 0.25) is 19.6 Å². The molecule has 5 heteroatoms. The molecule has 0 spiro atoms. The van der Waals surface area contributed by atoms with Gasteiger partial charge in [-0.3, -0.25) is 9.59 Å². The van der Waals surface area contributed by atoms with Gasteiger partial charge in [-0.1, -0.05) is 6.92 Å². The Morgan fingerprint density at radius 3 is 2.28 bits per heavy atom. The molecule has 25 heavy (non-hydrogen) atoms. The van der Waals surface area contributed by atoms with E-state index >= 15 is 0 Å². The maximum absolute atomic E-state index is 13.3. The molecule has 2 rings (SSSR count). The van der Waals surface area contributed by atoms with Gasteiger partial charge in [0.05, 0.1) is 23.0 Å². The summed E-state index contributed by atoms with van der Waals surface area (Å²) in [5.74, 6) is 0.538. The largest absolute Gasteiger partial charge is 0.497 e. The number of ketones is 2. The number of rotatable bonds is 5. The van der Waals surface area contributed by atoms with Gasteiger partial charge < -0.3 is 9.16 Å². The molecule has 0 aromatic heterocycles. The van der Waals surface area contributed by atoms with Crippen LogP contribution >= 0.6 is 0 Å². The van der Waals surface area contributed by atoms with Gasteiger partial charge in [-0.25, -0.2) is 0 Å². The van der Waals surface area contributed by atoms with Crippen LogP contribution in [0.25, 0.3) is 0 Å². The van der Waals surface area contributed by atoms with E-state index in [0.29, 0.717) is 18.8 Å². The SMILES string of the molecule is CCOC1=CC(=O)[C@]2(C)C[C@H](C(C)(C)O[Si](C)(C)C)[C@@H](C)[C@@]1(C)C2=O. The van der Waals surface area contributed by atoms with E-state index in [1.54, 1.807) is 13.0 Å². The number of allylic oxidation sites excluding steroid dienone is 2. The Labute approximate surface area is 153 Å². The van der Waals surface area contributed by atoms with E-state index in [9.17, 15) is 9.59 Å². The molecule has 0 saturated heterocycles. The number of Topliss-reactive ketones (excluding diaryl/α,β-unsaturated/α-hetero) is 1. The molecule has 2 bridgehead atoms. The third kappa shape index (κ3) is 3.14. The van der Waals surface area contributed by atoms with Gasteiger partial charge in [-0.2, -0.15) is 0 Å². The molecule has 0 aliphatic heterocycles. The maximum Gasteiger partial charge on any atom is 0.184 e. The second-order valence-electron chi connectivity index (χ2n) is 9.59. The summed E-state index contributed by atoms with van der Waals surface area (Å²) in [5, 5.41) is 0. The van der Waals surface area contributed by atoms with Crippen molar-refractivity contribution in [3.8, 4) is 0 Å². The van der Waals surface area contributed by atoms with Crippen LogP contribution in [-0.2, 0) is 18.8 Å². The second kappa shape index (κ2) is 6.05. The van der Waals surface area contributed by atoms with Crippen LogP contribution in [0, 0.1) is 22.7 Å². The fourth-order valence-corrected chi connectivity index (χ4v) is 6.66. The Kier molecular flexibility index (Phi) is 4.93. The van der Waals surface area contributed by atoms with E-state index in [2.05, 4.69) is 40.4 Å². The lowest BCUT2D eigenvalue weighted by Crippen LogP contribution is -2.63. The fraction of sp³-hybridized carbons (Fsp3) is 0.800. The summed E-state index contributed by atoms with van der Waals surface area (Å²) < 4.78 is 12.3. The van der Waals surface area contributed by atoms with Crippen LogP contribution in [0.5, 0.6) is 0 Å². The minimum atomic E-state index is -1.77. The molecule has 0 unspecified atom stereocenters. The van der Waals surface area contributed by atoms with Gasteiger partial charge in [0.15, 0.2) is 19.9 Å². The molecule has 0 aromatic rings. The van der Waals surface area contributed by atoms with Gasteiger partial charge in [-0.15, -0.1) is 0 Å². The van der Waals surface area contributed by atoms with E-state index in [0.717, 1.165) is 0 Å². The molecule has 1 saturated carbocycles. The van der Waals surface area contributed by atoms with Crippen LogP contribution in [0.3, 0.4) is 0 Å². The monoisotopic (exact) mass is 366 g/mol. The molecule has 0 N–H and O–H groups in total. The van der Waals surface area contributed by atoms with Crippen molar-refractivity contribution in [2.24, 2.45) is 22.7 Å². The van der Waals surface area contributed by atoms with Crippen LogP contribution in [-0.4, -0.2) is 32.1 Å². The molecule has 2 aliphatic rings. The molecule has 0 heterocycles. The summed E-state index contributed by atoms with van der Waals surface area (Å²) in [5.41, 5.74) is -2.16. The minimum Gasteiger partial charge on any atom is -0.497 e. The Morgan fingerprint density at radius 2 is 1.80 bits per heavy atom. The molecule has 1 fully saturated rings. The van der Waals surface area contributed by atoms with Gasteiger partial charge in [0.1, 0.15) is 5.76 Å². The standard InChI is InChI=1S/C20H34O4Si/c1-10-23-16-11-15(21)19(5)12-14(13(2)20(16,6)17(19)22)18(3,4)24-25(7,8)9/h11,13-14H,10,12H2,1-9H3/t13-,14+,19+,20-/m1/s1. The zero-order valence-electron chi connectivity index (χ0n) is 17.3. The van der Waals surface area contributed by atoms with Crippen molar-refractivity contribution in [2.45, 2.75) is 73.2 Å². The number of hydrogen-bond donors (Lipinski definition) is 0. The quantitative estimate of drug-likeness (QED) is 0.536. The number of ether oxygens (including phenoxy) is 1. The lowest BCUT2D eigenvalue weighted by molar-refractivity contribution is -0.164. The lowest BCUT2D eigenvalue weighted by atomic mass is 9.48. The Balaban J connectivity index is 2.56. The van der Waals surface area contributed by atoms with Crippen LogP contribution in [0.4, 0.5) is 0 Å². The molecule has 0 amide bonds. The topological polar surface area (TPSA) is 52.6 Å². The molecule has 2 aliphatic carbocycles. The molecule has 0 radical (unpaired) electrons. The highest BCUT2D eigenvalue weighted by Gasteiger charge is 2.65. The summed E-state index contributed by atoms with van der Waals surface area (Å²) in [6.07, 6.45) is 2.11. The molecular formula is C20H34O4Si. The van der Waals surface area contributed by atoms with Crippen molar-refractivity contribution in [2.75, 3.05) is 6.61 Å². The Bertz CT molecular complexity index is 616. The van der Waals surface area contributed by atoms with Crippen molar-refractivity contribution in [1.82, 2.24) is 0 Å². The van der Waals surface area contributed by atoms with Crippen molar-refractivity contribution in [1.29, 1.82) is 0 Å². The third-order valence-corrected chi connectivity index (χ3v) is 7.33. The van der Waals surface area contributed by atoms with E-state index in [1.165, 1.54) is 0 Å². The van der Waals surface area contributed by atoms with Crippen molar-refractivity contribution >= 4 is 19.9 Å². The fourth-order valence-electron chi connectivity index (χ4n) is 4.93. The van der Waals surface area contributed by atoms with Gasteiger partial charge in [0.25, 0.3) is 0 Å². The zero-order chi connectivity index (χ0) is 19.4. The van der Waals surface area contributed by atoms with Crippen LogP contribution in [0.1, 0.15) is 48.0 Å². The first-order valence-electron chi connectivity index (χ1n) is 9.34. The first kappa shape index (κ1) is 20.4. The number of carbonyl (C=O) groups is 2. The van der Waals surface area contributed by atoms with E-state index in [-0.39, 0.29) is 23.4 Å². The summed E-state index contributed by atoms with van der Waals surface area (Å²) in [6, 6.07) is 0. The number of hydrogen-bond acceptors (Lipinski definition) is 4. The highest BCUT2D eigenvalue weighted by molar-refractivity contribution is 6.69. The maximum atomic E-state index is 13.3. The van der Waals surface area contributed by atoms with Crippen LogP contribution < -0.4 is 0 Å². The number of carbonyl (C=O) groups excluding carboxylic acids is 2. The normalized spacial score (nSPS) is 36.3. The van der Waals surface area contributed by atoms with Crippen molar-refractivity contribution in [3.05, 3.63) is 11.8 Å². The molecular weight excluding hydrogens is 332 g/mol. The summed E-state index contributed by atoms with van der Waals surface area (Å²) >= 11 is 0. The van der Waals surface area contributed by atoms with Crippen molar-refractivity contribution < 1.29 is 18.8 Å². The van der Waals surface area contributed by atoms with Gasteiger partial charge in [0.2, 0.25) is 0 Å². The first-order chi connectivity index (χ1) is 11.2. The predicted octanol–water partition coefficient (Wildman–Crippen LogP) is 4.36. The Hall–Kier alpha value is -0.943. The van der Waals surface area contributed by atoms with E-state index in [4.69, 9.17) is 9.16 Å². The number of fused-ring (bicyclic) bond motifs is 2. The molecule has 0 aromatic carbocycles. The van der Waals surface area contributed by atoms with Crippen molar-refractivity contribution in [3.63, 3.8) is 0 Å². The Morgan fingerprint density at radius 1 is 1.24 bits per heavy atom.